The van der Waals surface area contributed by atoms with Gasteiger partial charge in [-0.3, -0.25) is 9.69 Å². The Labute approximate surface area is 145 Å². The molecule has 1 aromatic rings. The van der Waals surface area contributed by atoms with Crippen LogP contribution in [0.5, 0.6) is 0 Å². The van der Waals surface area contributed by atoms with Crippen molar-refractivity contribution in [3.8, 4) is 0 Å². The van der Waals surface area contributed by atoms with E-state index in [1.165, 1.54) is 24.8 Å². The molecule has 0 spiro atoms. The number of rotatable bonds is 5. The summed E-state index contributed by atoms with van der Waals surface area (Å²) in [6, 6.07) is 5.29. The minimum atomic E-state index is 0.216. The van der Waals surface area contributed by atoms with Gasteiger partial charge in [-0.15, -0.1) is 0 Å². The molecule has 0 aliphatic carbocycles. The van der Waals surface area contributed by atoms with Gasteiger partial charge in [0.2, 0.25) is 5.91 Å². The van der Waals surface area contributed by atoms with Crippen LogP contribution in [0.15, 0.2) is 18.3 Å². The highest BCUT2D eigenvalue weighted by atomic mass is 16.1. The molecule has 2 aliphatic rings. The number of anilines is 1. The highest BCUT2D eigenvalue weighted by Crippen LogP contribution is 2.28. The molecule has 0 unspecified atom stereocenters. The van der Waals surface area contributed by atoms with E-state index in [2.05, 4.69) is 53.1 Å². The molecule has 132 valence electrons. The third kappa shape index (κ3) is 3.89. The Kier molecular flexibility index (Phi) is 5.39. The van der Waals surface area contributed by atoms with Crippen LogP contribution in [-0.2, 0) is 11.3 Å². The molecule has 2 saturated heterocycles. The summed E-state index contributed by atoms with van der Waals surface area (Å²) < 4.78 is 0. The van der Waals surface area contributed by atoms with Crippen LogP contribution in [0.4, 0.5) is 5.82 Å². The van der Waals surface area contributed by atoms with Crippen LogP contribution in [0.25, 0.3) is 0 Å². The van der Waals surface area contributed by atoms with Crippen molar-refractivity contribution in [2.75, 3.05) is 25.0 Å². The van der Waals surface area contributed by atoms with Crippen molar-refractivity contribution in [3.05, 3.63) is 23.9 Å². The summed E-state index contributed by atoms with van der Waals surface area (Å²) in [6.45, 7) is 7.25. The Morgan fingerprint density at radius 2 is 2.21 bits per heavy atom. The second kappa shape index (κ2) is 7.51. The number of likely N-dealkylation sites (tertiary alicyclic amines) is 1. The van der Waals surface area contributed by atoms with Gasteiger partial charge >= 0.3 is 0 Å². The van der Waals surface area contributed by atoms with Crippen LogP contribution < -0.4 is 10.2 Å². The predicted molar refractivity (Wildman–Crippen MR) is 96.9 cm³/mol. The molecule has 2 fully saturated rings. The van der Waals surface area contributed by atoms with Gasteiger partial charge in [-0.25, -0.2) is 4.98 Å². The monoisotopic (exact) mass is 330 g/mol. The average Bonchev–Trinajstić information content (AvgIpc) is 3.01. The van der Waals surface area contributed by atoms with Gasteiger partial charge in [0.15, 0.2) is 0 Å². The maximum Gasteiger partial charge on any atom is 0.220 e. The lowest BCUT2D eigenvalue weighted by atomic mass is 9.89. The normalized spacial score (nSPS) is 25.1. The molecular formula is C19H30N4O. The van der Waals surface area contributed by atoms with Gasteiger partial charge in [-0.2, -0.15) is 0 Å². The van der Waals surface area contributed by atoms with E-state index in [1.54, 1.807) is 0 Å². The molecule has 0 saturated carbocycles. The van der Waals surface area contributed by atoms with Crippen molar-refractivity contribution in [3.63, 3.8) is 0 Å². The van der Waals surface area contributed by atoms with Crippen molar-refractivity contribution in [2.45, 2.75) is 58.2 Å². The van der Waals surface area contributed by atoms with Gasteiger partial charge in [-0.05, 0) is 44.9 Å². The maximum absolute atomic E-state index is 11.6. The maximum atomic E-state index is 11.6. The fraction of sp³-hybridized carbons (Fsp3) is 0.684. The fourth-order valence-electron chi connectivity index (χ4n) is 3.86. The number of hydrogen-bond donors (Lipinski definition) is 1. The fourth-order valence-corrected chi connectivity index (χ4v) is 3.86. The molecule has 3 heterocycles. The first-order chi connectivity index (χ1) is 11.5. The summed E-state index contributed by atoms with van der Waals surface area (Å²) in [5.41, 5.74) is 1.26. The van der Waals surface area contributed by atoms with E-state index in [4.69, 9.17) is 0 Å². The van der Waals surface area contributed by atoms with Crippen molar-refractivity contribution in [1.82, 2.24) is 15.2 Å². The number of nitrogens with one attached hydrogen (secondary N) is 1. The lowest BCUT2D eigenvalue weighted by Crippen LogP contribution is -2.44. The van der Waals surface area contributed by atoms with E-state index >= 15 is 0 Å². The van der Waals surface area contributed by atoms with E-state index in [0.29, 0.717) is 24.4 Å². The molecule has 3 rings (SSSR count). The standard InChI is InChI=1S/C19H30N4O/c1-14(2)22(3)18-8-7-15(11-20-18)13-23-9-5-4-6-17(23)16-10-19(24)21-12-16/h7-8,11,14,16-17H,4-6,9-10,12-13H2,1-3H3,(H,21,24)/t16-,17+/m0/s1. The molecule has 1 amide bonds. The number of carbonyl (C=O) groups excluding carboxylic acids is 1. The van der Waals surface area contributed by atoms with Crippen LogP contribution >= 0.6 is 0 Å². The van der Waals surface area contributed by atoms with E-state index < -0.39 is 0 Å². The van der Waals surface area contributed by atoms with Crippen LogP contribution in [-0.4, -0.2) is 48.0 Å². The van der Waals surface area contributed by atoms with Crippen LogP contribution in [0.3, 0.4) is 0 Å². The molecule has 0 bridgehead atoms. The van der Waals surface area contributed by atoms with Gasteiger partial charge in [0.1, 0.15) is 5.82 Å². The second-order valence-electron chi connectivity index (χ2n) is 7.53. The van der Waals surface area contributed by atoms with Crippen molar-refractivity contribution >= 4 is 11.7 Å². The van der Waals surface area contributed by atoms with Crippen LogP contribution in [0.2, 0.25) is 0 Å². The third-order valence-electron chi connectivity index (χ3n) is 5.55. The molecule has 2 aliphatic heterocycles. The van der Waals surface area contributed by atoms with E-state index in [9.17, 15) is 4.79 Å². The minimum absolute atomic E-state index is 0.216. The highest BCUT2D eigenvalue weighted by molar-refractivity contribution is 5.78. The zero-order chi connectivity index (χ0) is 17.1. The first-order valence-electron chi connectivity index (χ1n) is 9.23. The highest BCUT2D eigenvalue weighted by Gasteiger charge is 2.34. The quantitative estimate of drug-likeness (QED) is 0.901. The molecule has 24 heavy (non-hydrogen) atoms. The lowest BCUT2D eigenvalue weighted by molar-refractivity contribution is -0.119. The first-order valence-corrected chi connectivity index (χ1v) is 9.23. The second-order valence-corrected chi connectivity index (χ2v) is 7.53. The number of nitrogens with zero attached hydrogens (tertiary/aromatic N) is 3. The number of piperidine rings is 1. The molecule has 1 N–H and O–H groups in total. The number of pyridine rings is 1. The summed E-state index contributed by atoms with van der Waals surface area (Å²) in [5, 5.41) is 3.00. The Morgan fingerprint density at radius 3 is 2.83 bits per heavy atom. The van der Waals surface area contributed by atoms with Crippen LogP contribution in [0, 0.1) is 5.92 Å². The predicted octanol–water partition coefficient (Wildman–Crippen LogP) is 2.42. The Morgan fingerprint density at radius 1 is 1.38 bits per heavy atom. The molecule has 0 aromatic carbocycles. The van der Waals surface area contributed by atoms with Crippen LogP contribution in [0.1, 0.15) is 45.1 Å². The summed E-state index contributed by atoms with van der Waals surface area (Å²) in [5.74, 6) is 1.71. The lowest BCUT2D eigenvalue weighted by Gasteiger charge is -2.38. The Balaban J connectivity index is 1.65. The Bertz CT molecular complexity index is 557. The topological polar surface area (TPSA) is 48.5 Å². The molecule has 2 atom stereocenters. The van der Waals surface area contributed by atoms with E-state index in [1.807, 2.05) is 6.20 Å². The van der Waals surface area contributed by atoms with E-state index in [-0.39, 0.29) is 5.91 Å². The van der Waals surface area contributed by atoms with Gasteiger partial charge in [0.05, 0.1) is 0 Å². The zero-order valence-electron chi connectivity index (χ0n) is 15.2. The number of amides is 1. The third-order valence-corrected chi connectivity index (χ3v) is 5.55. The smallest absolute Gasteiger partial charge is 0.220 e. The van der Waals surface area contributed by atoms with Crippen molar-refractivity contribution < 1.29 is 4.79 Å². The van der Waals surface area contributed by atoms with E-state index in [0.717, 1.165) is 25.5 Å². The van der Waals surface area contributed by atoms with Gasteiger partial charge in [0.25, 0.3) is 0 Å². The summed E-state index contributed by atoms with van der Waals surface area (Å²) in [7, 11) is 2.08. The molecule has 1 aromatic heterocycles. The average molecular weight is 330 g/mol. The number of aromatic nitrogens is 1. The number of carbonyl (C=O) groups is 1. The number of hydrogen-bond acceptors (Lipinski definition) is 4. The summed E-state index contributed by atoms with van der Waals surface area (Å²) >= 11 is 0. The minimum Gasteiger partial charge on any atom is -0.357 e. The first kappa shape index (κ1) is 17.2. The van der Waals surface area contributed by atoms with Crippen molar-refractivity contribution in [2.24, 2.45) is 5.92 Å². The molecule has 5 heteroatoms. The zero-order valence-corrected chi connectivity index (χ0v) is 15.2. The largest absolute Gasteiger partial charge is 0.357 e. The van der Waals surface area contributed by atoms with Gasteiger partial charge in [0, 0.05) is 50.8 Å². The molecule has 5 nitrogen and oxygen atoms in total. The van der Waals surface area contributed by atoms with Crippen molar-refractivity contribution in [1.29, 1.82) is 0 Å². The molecule has 0 radical (unpaired) electrons. The van der Waals surface area contributed by atoms with Gasteiger partial charge in [-0.1, -0.05) is 12.5 Å². The Hall–Kier alpha value is -1.62. The summed E-state index contributed by atoms with van der Waals surface area (Å²) in [6.07, 6.45) is 6.45. The van der Waals surface area contributed by atoms with Gasteiger partial charge < -0.3 is 10.2 Å². The SMILES string of the molecule is CC(C)N(C)c1ccc(CN2CCCC[C@@H]2[C@@H]2CNC(=O)C2)cn1. The molecular weight excluding hydrogens is 300 g/mol. The summed E-state index contributed by atoms with van der Waals surface area (Å²) in [4.78, 5) is 21.0.